The Balaban J connectivity index is 2.10. The molecule has 1 atom stereocenters. The Morgan fingerprint density at radius 2 is 1.91 bits per heavy atom. The number of hydrogen-bond donors (Lipinski definition) is 3. The fourth-order valence-corrected chi connectivity index (χ4v) is 2.59. The van der Waals surface area contributed by atoms with Crippen LogP contribution in [0, 0.1) is 12.8 Å². The number of phenolic OH excluding ortho intramolecular Hbond substituents is 2. The molecule has 23 heavy (non-hydrogen) atoms. The van der Waals surface area contributed by atoms with Gasteiger partial charge in [0.15, 0.2) is 11.5 Å². The molecule has 1 amide bonds. The lowest BCUT2D eigenvalue weighted by Crippen LogP contribution is -2.23. The second kappa shape index (κ2) is 7.18. The number of phenols is 2. The van der Waals surface area contributed by atoms with Gasteiger partial charge in [0.25, 0.3) is 0 Å². The molecule has 122 valence electrons. The molecule has 2 aromatic carbocycles. The zero-order valence-corrected chi connectivity index (χ0v) is 13.8. The maximum atomic E-state index is 12.5. The van der Waals surface area contributed by atoms with Crippen molar-refractivity contribution < 1.29 is 15.0 Å². The van der Waals surface area contributed by atoms with Crippen molar-refractivity contribution in [2.75, 3.05) is 5.32 Å². The van der Waals surface area contributed by atoms with E-state index < -0.39 is 0 Å². The van der Waals surface area contributed by atoms with Gasteiger partial charge in [0, 0.05) is 11.6 Å². The van der Waals surface area contributed by atoms with Crippen molar-refractivity contribution >= 4 is 11.6 Å². The van der Waals surface area contributed by atoms with Gasteiger partial charge in [-0.1, -0.05) is 38.1 Å². The minimum atomic E-state index is -0.247. The molecule has 3 N–H and O–H groups in total. The summed E-state index contributed by atoms with van der Waals surface area (Å²) in [4.78, 5) is 12.5. The van der Waals surface area contributed by atoms with Gasteiger partial charge in [0.1, 0.15) is 0 Å². The zero-order chi connectivity index (χ0) is 17.0. The molecule has 0 saturated carbocycles. The van der Waals surface area contributed by atoms with E-state index in [9.17, 15) is 15.0 Å². The van der Waals surface area contributed by atoms with Gasteiger partial charge in [-0.2, -0.15) is 0 Å². The van der Waals surface area contributed by atoms with Crippen LogP contribution in [0.2, 0.25) is 0 Å². The number of benzene rings is 2. The van der Waals surface area contributed by atoms with Gasteiger partial charge < -0.3 is 15.5 Å². The van der Waals surface area contributed by atoms with Crippen molar-refractivity contribution in [3.05, 3.63) is 53.1 Å². The highest BCUT2D eigenvalue weighted by Gasteiger charge is 2.16. The van der Waals surface area contributed by atoms with E-state index in [4.69, 9.17) is 0 Å². The van der Waals surface area contributed by atoms with E-state index in [1.54, 1.807) is 6.07 Å². The number of anilines is 1. The Bertz CT molecular complexity index is 710. The quantitative estimate of drug-likeness (QED) is 0.736. The molecule has 4 heteroatoms. The number of hydrogen-bond acceptors (Lipinski definition) is 3. The lowest BCUT2D eigenvalue weighted by Gasteiger charge is -2.16. The highest BCUT2D eigenvalue weighted by atomic mass is 16.3. The van der Waals surface area contributed by atoms with Gasteiger partial charge in [-0.3, -0.25) is 4.79 Å². The van der Waals surface area contributed by atoms with Crippen molar-refractivity contribution in [2.24, 2.45) is 5.92 Å². The molecule has 0 fully saturated rings. The summed E-state index contributed by atoms with van der Waals surface area (Å²) in [5, 5.41) is 21.9. The standard InChI is InChI=1S/C19H23NO3/c1-4-15-7-5-6-12(2)18(15)20-19(23)13(3)10-14-8-9-16(21)17(22)11-14/h5-9,11,13,21-22H,4,10H2,1-3H3,(H,20,23). The number of nitrogens with one attached hydrogen (secondary N) is 1. The second-order valence-electron chi connectivity index (χ2n) is 5.88. The summed E-state index contributed by atoms with van der Waals surface area (Å²) in [6.45, 7) is 5.90. The van der Waals surface area contributed by atoms with Crippen LogP contribution in [-0.4, -0.2) is 16.1 Å². The van der Waals surface area contributed by atoms with E-state index in [2.05, 4.69) is 12.2 Å². The van der Waals surface area contributed by atoms with Gasteiger partial charge in [0.2, 0.25) is 5.91 Å². The summed E-state index contributed by atoms with van der Waals surface area (Å²) in [5.41, 5.74) is 3.86. The van der Waals surface area contributed by atoms with E-state index in [-0.39, 0.29) is 23.3 Å². The number of rotatable bonds is 5. The fourth-order valence-electron chi connectivity index (χ4n) is 2.59. The number of aryl methyl sites for hydroxylation is 2. The zero-order valence-electron chi connectivity index (χ0n) is 13.8. The van der Waals surface area contributed by atoms with Crippen molar-refractivity contribution in [2.45, 2.75) is 33.6 Å². The molecule has 0 aliphatic carbocycles. The molecule has 0 spiro atoms. The predicted molar refractivity (Wildman–Crippen MR) is 91.8 cm³/mol. The van der Waals surface area contributed by atoms with Gasteiger partial charge >= 0.3 is 0 Å². The van der Waals surface area contributed by atoms with E-state index in [0.717, 1.165) is 28.8 Å². The summed E-state index contributed by atoms with van der Waals surface area (Å²) in [6, 6.07) is 10.6. The van der Waals surface area contributed by atoms with Crippen LogP contribution in [-0.2, 0) is 17.6 Å². The first-order chi connectivity index (χ1) is 10.9. The summed E-state index contributed by atoms with van der Waals surface area (Å²) >= 11 is 0. The Kier molecular flexibility index (Phi) is 5.27. The number of carbonyl (C=O) groups is 1. The molecular weight excluding hydrogens is 290 g/mol. The molecule has 4 nitrogen and oxygen atoms in total. The van der Waals surface area contributed by atoms with E-state index in [1.165, 1.54) is 12.1 Å². The largest absolute Gasteiger partial charge is 0.504 e. The van der Waals surface area contributed by atoms with E-state index in [0.29, 0.717) is 6.42 Å². The molecule has 1 unspecified atom stereocenters. The van der Waals surface area contributed by atoms with Gasteiger partial charge in [-0.25, -0.2) is 0 Å². The van der Waals surface area contributed by atoms with Gasteiger partial charge in [0.05, 0.1) is 0 Å². The minimum absolute atomic E-state index is 0.0541. The Labute approximate surface area is 136 Å². The van der Waals surface area contributed by atoms with Gasteiger partial charge in [-0.05, 0) is 48.6 Å². The summed E-state index contributed by atoms with van der Waals surface area (Å²) in [6.07, 6.45) is 1.35. The number of para-hydroxylation sites is 1. The molecule has 0 aliphatic heterocycles. The average molecular weight is 313 g/mol. The highest BCUT2D eigenvalue weighted by molar-refractivity contribution is 5.94. The number of amides is 1. The van der Waals surface area contributed by atoms with Gasteiger partial charge in [-0.15, -0.1) is 0 Å². The molecule has 2 rings (SSSR count). The summed E-state index contributed by atoms with van der Waals surface area (Å²) in [5.74, 6) is -0.620. The topological polar surface area (TPSA) is 69.6 Å². The minimum Gasteiger partial charge on any atom is -0.504 e. The van der Waals surface area contributed by atoms with Crippen LogP contribution in [0.1, 0.15) is 30.5 Å². The number of aromatic hydroxyl groups is 2. The lowest BCUT2D eigenvalue weighted by molar-refractivity contribution is -0.119. The van der Waals surface area contributed by atoms with Crippen molar-refractivity contribution in [3.8, 4) is 11.5 Å². The summed E-state index contributed by atoms with van der Waals surface area (Å²) in [7, 11) is 0. The lowest BCUT2D eigenvalue weighted by atomic mass is 9.99. The molecule has 0 radical (unpaired) electrons. The van der Waals surface area contributed by atoms with Crippen LogP contribution in [0.4, 0.5) is 5.69 Å². The Hall–Kier alpha value is -2.49. The summed E-state index contributed by atoms with van der Waals surface area (Å²) < 4.78 is 0. The maximum absolute atomic E-state index is 12.5. The molecular formula is C19H23NO3. The molecule has 0 aromatic heterocycles. The SMILES string of the molecule is CCc1cccc(C)c1NC(=O)C(C)Cc1ccc(O)c(O)c1. The monoisotopic (exact) mass is 313 g/mol. The van der Waals surface area contributed by atoms with Crippen LogP contribution < -0.4 is 5.32 Å². The first kappa shape index (κ1) is 16.9. The normalized spacial score (nSPS) is 12.0. The predicted octanol–water partition coefficient (Wildman–Crippen LogP) is 3.79. The average Bonchev–Trinajstić information content (AvgIpc) is 2.52. The Morgan fingerprint density at radius 3 is 2.57 bits per heavy atom. The molecule has 0 heterocycles. The first-order valence-electron chi connectivity index (χ1n) is 7.82. The van der Waals surface area contributed by atoms with Crippen LogP contribution in [0.25, 0.3) is 0 Å². The van der Waals surface area contributed by atoms with Crippen LogP contribution >= 0.6 is 0 Å². The van der Waals surface area contributed by atoms with Crippen LogP contribution in [0.5, 0.6) is 11.5 Å². The number of carbonyl (C=O) groups excluding carboxylic acids is 1. The van der Waals surface area contributed by atoms with Crippen LogP contribution in [0.15, 0.2) is 36.4 Å². The molecule has 0 bridgehead atoms. The fraction of sp³-hybridized carbons (Fsp3) is 0.316. The first-order valence-corrected chi connectivity index (χ1v) is 7.82. The molecule has 2 aromatic rings. The van der Waals surface area contributed by atoms with E-state index in [1.807, 2.05) is 32.0 Å². The van der Waals surface area contributed by atoms with Crippen molar-refractivity contribution in [3.63, 3.8) is 0 Å². The second-order valence-corrected chi connectivity index (χ2v) is 5.88. The third-order valence-electron chi connectivity index (χ3n) is 4.02. The molecule has 0 saturated heterocycles. The third-order valence-corrected chi connectivity index (χ3v) is 4.02. The van der Waals surface area contributed by atoms with E-state index >= 15 is 0 Å². The van der Waals surface area contributed by atoms with Crippen LogP contribution in [0.3, 0.4) is 0 Å². The highest BCUT2D eigenvalue weighted by Crippen LogP contribution is 2.27. The maximum Gasteiger partial charge on any atom is 0.227 e. The Morgan fingerprint density at radius 1 is 1.17 bits per heavy atom. The van der Waals surface area contributed by atoms with Crippen molar-refractivity contribution in [1.82, 2.24) is 0 Å². The smallest absolute Gasteiger partial charge is 0.227 e. The third kappa shape index (κ3) is 4.03. The molecule has 0 aliphatic rings. The van der Waals surface area contributed by atoms with Crippen molar-refractivity contribution in [1.29, 1.82) is 0 Å².